The van der Waals surface area contributed by atoms with Crippen molar-refractivity contribution in [3.05, 3.63) is 64.1 Å². The number of anilines is 1. The molecule has 2 aromatic rings. The highest BCUT2D eigenvalue weighted by molar-refractivity contribution is 7.92. The van der Waals surface area contributed by atoms with Gasteiger partial charge in [0.15, 0.2) is 0 Å². The highest BCUT2D eigenvalue weighted by Crippen LogP contribution is 2.33. The lowest BCUT2D eigenvalue weighted by Crippen LogP contribution is -2.49. The van der Waals surface area contributed by atoms with Crippen molar-refractivity contribution in [2.75, 3.05) is 17.6 Å². The minimum atomic E-state index is -3.78. The van der Waals surface area contributed by atoms with Crippen LogP contribution in [0.4, 0.5) is 5.69 Å². The predicted octanol–water partition coefficient (Wildman–Crippen LogP) is 4.20. The first kappa shape index (κ1) is 21.5. The Balaban J connectivity index is 2.40. The Morgan fingerprint density at radius 3 is 2.30 bits per heavy atom. The topological polar surface area (TPSA) is 57.7 Å². The van der Waals surface area contributed by atoms with Gasteiger partial charge in [0, 0.05) is 18.6 Å². The molecule has 0 spiro atoms. The molecule has 0 radical (unpaired) electrons. The lowest BCUT2D eigenvalue weighted by atomic mass is 10.1. The fourth-order valence-corrected chi connectivity index (χ4v) is 4.50. The van der Waals surface area contributed by atoms with Crippen molar-refractivity contribution in [1.29, 1.82) is 0 Å². The van der Waals surface area contributed by atoms with Crippen molar-refractivity contribution in [2.24, 2.45) is 0 Å². The second kappa shape index (κ2) is 8.95. The molecule has 2 aromatic carbocycles. The van der Waals surface area contributed by atoms with Crippen LogP contribution in [0.1, 0.15) is 18.9 Å². The number of hydrogen-bond acceptors (Lipinski definition) is 3. The van der Waals surface area contributed by atoms with E-state index in [1.54, 1.807) is 20.0 Å². The van der Waals surface area contributed by atoms with Gasteiger partial charge in [-0.15, -0.1) is 0 Å². The number of carbonyl (C=O) groups is 1. The van der Waals surface area contributed by atoms with Crippen LogP contribution in [0.3, 0.4) is 0 Å². The fourth-order valence-electron chi connectivity index (χ4n) is 2.86. The van der Waals surface area contributed by atoms with Gasteiger partial charge in [-0.25, -0.2) is 8.42 Å². The number of nitrogens with zero attached hydrogens (tertiary/aromatic N) is 2. The molecule has 0 saturated heterocycles. The molecule has 0 aromatic heterocycles. The quantitative estimate of drug-likeness (QED) is 0.663. The number of carbonyl (C=O) groups excluding carboxylic acids is 1. The van der Waals surface area contributed by atoms with Crippen LogP contribution < -0.4 is 4.31 Å². The minimum absolute atomic E-state index is 0.194. The van der Waals surface area contributed by atoms with E-state index >= 15 is 0 Å². The molecule has 0 heterocycles. The van der Waals surface area contributed by atoms with Gasteiger partial charge in [0.1, 0.15) is 6.04 Å². The van der Waals surface area contributed by atoms with E-state index in [1.807, 2.05) is 30.3 Å². The van der Waals surface area contributed by atoms with Crippen LogP contribution in [0.5, 0.6) is 0 Å². The van der Waals surface area contributed by atoms with Gasteiger partial charge in [0.2, 0.25) is 15.9 Å². The molecule has 0 aliphatic carbocycles. The van der Waals surface area contributed by atoms with E-state index in [-0.39, 0.29) is 23.0 Å². The Morgan fingerprint density at radius 1 is 1.11 bits per heavy atom. The molecule has 27 heavy (non-hydrogen) atoms. The third-order valence-corrected chi connectivity index (χ3v) is 5.82. The smallest absolute Gasteiger partial charge is 0.246 e. The Kier molecular flexibility index (Phi) is 7.14. The fraction of sp³-hybridized carbons (Fsp3) is 0.316. The van der Waals surface area contributed by atoms with E-state index in [0.717, 1.165) is 16.1 Å². The molecule has 8 heteroatoms. The summed E-state index contributed by atoms with van der Waals surface area (Å²) in [7, 11) is -2.13. The van der Waals surface area contributed by atoms with E-state index in [1.165, 1.54) is 17.0 Å². The third-order valence-electron chi connectivity index (χ3n) is 4.10. The molecule has 1 atom stereocenters. The van der Waals surface area contributed by atoms with Gasteiger partial charge >= 0.3 is 0 Å². The summed E-state index contributed by atoms with van der Waals surface area (Å²) >= 11 is 12.3. The number of amides is 1. The van der Waals surface area contributed by atoms with Crippen LogP contribution in [0.15, 0.2) is 48.5 Å². The van der Waals surface area contributed by atoms with E-state index in [4.69, 9.17) is 23.2 Å². The summed E-state index contributed by atoms with van der Waals surface area (Å²) in [6.45, 7) is 2.13. The maximum Gasteiger partial charge on any atom is 0.246 e. The molecule has 2 rings (SSSR count). The summed E-state index contributed by atoms with van der Waals surface area (Å²) in [5.74, 6) is -0.317. The molecule has 146 valence electrons. The highest BCUT2D eigenvalue weighted by atomic mass is 35.5. The zero-order valence-corrected chi connectivity index (χ0v) is 17.7. The Bertz CT molecular complexity index is 904. The Hall–Kier alpha value is -1.76. The first-order valence-electron chi connectivity index (χ1n) is 8.38. The van der Waals surface area contributed by atoms with Crippen molar-refractivity contribution in [1.82, 2.24) is 4.90 Å². The van der Waals surface area contributed by atoms with Gasteiger partial charge in [0.05, 0.1) is 17.0 Å². The van der Waals surface area contributed by atoms with Crippen LogP contribution in [0.2, 0.25) is 10.0 Å². The van der Waals surface area contributed by atoms with Crippen molar-refractivity contribution in [3.63, 3.8) is 0 Å². The van der Waals surface area contributed by atoms with E-state index in [0.29, 0.717) is 11.6 Å². The molecular formula is C19H22Cl2N2O3S. The molecule has 5 nitrogen and oxygen atoms in total. The van der Waals surface area contributed by atoms with Crippen LogP contribution in [-0.4, -0.2) is 38.6 Å². The van der Waals surface area contributed by atoms with Crippen molar-refractivity contribution >= 4 is 44.8 Å². The van der Waals surface area contributed by atoms with Crippen molar-refractivity contribution in [2.45, 2.75) is 25.9 Å². The van der Waals surface area contributed by atoms with E-state index in [2.05, 4.69) is 0 Å². The maximum atomic E-state index is 13.1. The molecule has 0 fully saturated rings. The largest absolute Gasteiger partial charge is 0.340 e. The lowest BCUT2D eigenvalue weighted by molar-refractivity contribution is -0.131. The van der Waals surface area contributed by atoms with Crippen molar-refractivity contribution in [3.8, 4) is 0 Å². The van der Waals surface area contributed by atoms with Crippen LogP contribution in [-0.2, 0) is 21.4 Å². The first-order valence-corrected chi connectivity index (χ1v) is 11.0. The molecule has 0 saturated carbocycles. The van der Waals surface area contributed by atoms with Crippen LogP contribution in [0.25, 0.3) is 0 Å². The number of rotatable bonds is 7. The van der Waals surface area contributed by atoms with Gasteiger partial charge in [-0.3, -0.25) is 9.10 Å². The first-order chi connectivity index (χ1) is 12.6. The molecule has 0 unspecified atom stereocenters. The zero-order chi connectivity index (χ0) is 20.2. The van der Waals surface area contributed by atoms with Gasteiger partial charge in [0.25, 0.3) is 0 Å². The van der Waals surface area contributed by atoms with Gasteiger partial charge in [-0.2, -0.15) is 0 Å². The zero-order valence-electron chi connectivity index (χ0n) is 15.4. The van der Waals surface area contributed by atoms with Crippen molar-refractivity contribution < 1.29 is 13.2 Å². The SMILES string of the molecule is CC[C@H](C(=O)N(C)Cc1ccccc1)N(c1cc(Cl)ccc1Cl)S(C)(=O)=O. The summed E-state index contributed by atoms with van der Waals surface area (Å²) in [6, 6.07) is 13.1. The predicted molar refractivity (Wildman–Crippen MR) is 111 cm³/mol. The third kappa shape index (κ3) is 5.37. The van der Waals surface area contributed by atoms with Gasteiger partial charge in [-0.1, -0.05) is 60.5 Å². The molecule has 1 amide bonds. The van der Waals surface area contributed by atoms with E-state index in [9.17, 15) is 13.2 Å². The second-order valence-corrected chi connectivity index (χ2v) is 8.96. The number of likely N-dealkylation sites (N-methyl/N-ethyl adjacent to an activating group) is 1. The summed E-state index contributed by atoms with van der Waals surface area (Å²) in [6.07, 6.45) is 1.34. The summed E-state index contributed by atoms with van der Waals surface area (Å²) in [5, 5.41) is 0.546. The minimum Gasteiger partial charge on any atom is -0.340 e. The van der Waals surface area contributed by atoms with Gasteiger partial charge < -0.3 is 4.90 Å². The van der Waals surface area contributed by atoms with Gasteiger partial charge in [-0.05, 0) is 30.2 Å². The Morgan fingerprint density at radius 2 is 1.74 bits per heavy atom. The van der Waals surface area contributed by atoms with Crippen LogP contribution in [0, 0.1) is 0 Å². The Labute approximate surface area is 170 Å². The number of hydrogen-bond donors (Lipinski definition) is 0. The standard InChI is InChI=1S/C19H22Cl2N2O3S/c1-4-17(19(24)22(2)13-14-8-6-5-7-9-14)23(27(3,25)26)18-12-15(20)10-11-16(18)21/h5-12,17H,4,13H2,1-3H3/t17-/m1/s1. The average Bonchev–Trinajstić information content (AvgIpc) is 2.61. The average molecular weight is 429 g/mol. The summed E-state index contributed by atoms with van der Waals surface area (Å²) in [5.41, 5.74) is 1.15. The molecular weight excluding hydrogens is 407 g/mol. The summed E-state index contributed by atoms with van der Waals surface area (Å²) < 4.78 is 26.1. The second-order valence-electron chi connectivity index (χ2n) is 6.26. The lowest BCUT2D eigenvalue weighted by Gasteiger charge is -2.33. The molecule has 0 bridgehead atoms. The monoisotopic (exact) mass is 428 g/mol. The molecule has 0 aliphatic heterocycles. The molecule has 0 aliphatic rings. The molecule has 0 N–H and O–H groups in total. The number of sulfonamides is 1. The maximum absolute atomic E-state index is 13.1. The van der Waals surface area contributed by atoms with Crippen LogP contribution >= 0.6 is 23.2 Å². The highest BCUT2D eigenvalue weighted by Gasteiger charge is 2.34. The summed E-state index contributed by atoms with van der Waals surface area (Å²) in [4.78, 5) is 14.6. The number of benzene rings is 2. The number of halogens is 2. The van der Waals surface area contributed by atoms with E-state index < -0.39 is 16.1 Å². The normalized spacial score (nSPS) is 12.5.